The summed E-state index contributed by atoms with van der Waals surface area (Å²) in [7, 11) is -4.91. The summed E-state index contributed by atoms with van der Waals surface area (Å²) in [5, 5.41) is 8.83. The number of anilines is 1. The van der Waals surface area contributed by atoms with Crippen LogP contribution in [0.1, 0.15) is 25.3 Å². The fourth-order valence-corrected chi connectivity index (χ4v) is 3.08. The molecule has 1 aliphatic carbocycles. The van der Waals surface area contributed by atoms with E-state index in [1.807, 2.05) is 0 Å². The molecule has 1 saturated carbocycles. The van der Waals surface area contributed by atoms with Gasteiger partial charge >= 0.3 is 19.3 Å². The highest BCUT2D eigenvalue weighted by atomic mass is 31.2. The fraction of sp³-hybridized carbons (Fsp3) is 0.545. The number of rotatable bonds is 5. The lowest BCUT2D eigenvalue weighted by atomic mass is 10.2. The Balaban J connectivity index is 2.08. The van der Waals surface area contributed by atoms with Gasteiger partial charge in [0.1, 0.15) is 5.82 Å². The zero-order valence-corrected chi connectivity index (χ0v) is 12.3. The second kappa shape index (κ2) is 6.17. The van der Waals surface area contributed by atoms with E-state index in [0.29, 0.717) is 12.8 Å². The van der Waals surface area contributed by atoms with Crippen LogP contribution in [-0.4, -0.2) is 42.4 Å². The van der Waals surface area contributed by atoms with Gasteiger partial charge in [-0.3, -0.25) is 9.13 Å². The predicted octanol–water partition coefficient (Wildman–Crippen LogP) is -0.476. The molecule has 1 heterocycles. The molecule has 0 bridgehead atoms. The van der Waals surface area contributed by atoms with Crippen LogP contribution in [0.2, 0.25) is 0 Å². The Morgan fingerprint density at radius 2 is 2.18 bits per heavy atom. The smallest absolute Gasteiger partial charge is 0.365 e. The first-order valence-electron chi connectivity index (χ1n) is 6.46. The summed E-state index contributed by atoms with van der Waals surface area (Å²) in [4.78, 5) is 44.2. The summed E-state index contributed by atoms with van der Waals surface area (Å²) in [6.45, 7) is 0. The van der Waals surface area contributed by atoms with Crippen molar-refractivity contribution in [3.63, 3.8) is 0 Å². The Morgan fingerprint density at radius 1 is 1.50 bits per heavy atom. The maximum Gasteiger partial charge on any atom is 0.365 e. The molecule has 1 aromatic rings. The van der Waals surface area contributed by atoms with Crippen molar-refractivity contribution in [2.24, 2.45) is 0 Å². The summed E-state index contributed by atoms with van der Waals surface area (Å²) < 4.78 is 17.5. The van der Waals surface area contributed by atoms with Crippen molar-refractivity contribution in [2.45, 2.75) is 37.3 Å². The summed E-state index contributed by atoms with van der Waals surface area (Å²) in [6, 6.07) is 1.18. The van der Waals surface area contributed by atoms with Gasteiger partial charge in [-0.15, -0.1) is 0 Å². The molecule has 0 saturated heterocycles. The third kappa shape index (κ3) is 3.72. The zero-order valence-electron chi connectivity index (χ0n) is 11.4. The van der Waals surface area contributed by atoms with Gasteiger partial charge in [-0.25, -0.2) is 9.59 Å². The average Bonchev–Trinajstić information content (AvgIpc) is 2.82. The molecule has 1 fully saturated rings. The minimum atomic E-state index is -4.91. The van der Waals surface area contributed by atoms with Crippen LogP contribution in [0.5, 0.6) is 0 Å². The number of aromatic nitrogens is 2. The van der Waals surface area contributed by atoms with Crippen molar-refractivity contribution in [1.29, 1.82) is 0 Å². The van der Waals surface area contributed by atoms with E-state index in [2.05, 4.69) is 4.98 Å². The molecular formula is C11H16N3O7P. The minimum absolute atomic E-state index is 0.0967. The summed E-state index contributed by atoms with van der Waals surface area (Å²) in [6.07, 6.45) is 1.96. The van der Waals surface area contributed by atoms with Crippen LogP contribution in [0, 0.1) is 0 Å². The molecule has 1 aliphatic rings. The maximum absolute atomic E-state index is 11.7. The third-order valence-corrected chi connectivity index (χ3v) is 4.39. The van der Waals surface area contributed by atoms with E-state index in [4.69, 9.17) is 25.4 Å². The van der Waals surface area contributed by atoms with Gasteiger partial charge < -0.3 is 25.4 Å². The van der Waals surface area contributed by atoms with E-state index >= 15 is 0 Å². The molecule has 0 radical (unpaired) electrons. The molecule has 0 spiro atoms. The van der Waals surface area contributed by atoms with Crippen LogP contribution in [0.3, 0.4) is 0 Å². The highest BCUT2D eigenvalue weighted by Crippen LogP contribution is 2.44. The van der Waals surface area contributed by atoms with Gasteiger partial charge in [0.05, 0.1) is 6.10 Å². The Bertz CT molecular complexity index is 670. The number of hydrogen-bond acceptors (Lipinski definition) is 6. The molecule has 1 unspecified atom stereocenters. The highest BCUT2D eigenvalue weighted by Gasteiger charge is 2.40. The van der Waals surface area contributed by atoms with Crippen molar-refractivity contribution in [3.05, 3.63) is 22.7 Å². The van der Waals surface area contributed by atoms with Crippen LogP contribution in [-0.2, 0) is 14.1 Å². The molecule has 2 rings (SSSR count). The topological polar surface area (TPSA) is 165 Å². The van der Waals surface area contributed by atoms with Gasteiger partial charge in [0.2, 0.25) is 0 Å². The predicted molar refractivity (Wildman–Crippen MR) is 74.1 cm³/mol. The SMILES string of the molecule is Nc1ccn([C@@H]2CC[C@H](OC(C(=O)O)P(=O)(O)O)C2)c(=O)n1. The van der Waals surface area contributed by atoms with Gasteiger partial charge in [-0.1, -0.05) is 0 Å². The highest BCUT2D eigenvalue weighted by molar-refractivity contribution is 7.53. The molecule has 1 aromatic heterocycles. The van der Waals surface area contributed by atoms with Crippen molar-refractivity contribution < 1.29 is 29.0 Å². The van der Waals surface area contributed by atoms with Crippen LogP contribution in [0.4, 0.5) is 5.82 Å². The van der Waals surface area contributed by atoms with Gasteiger partial charge in [0.25, 0.3) is 5.85 Å². The molecule has 0 amide bonds. The quantitative estimate of drug-likeness (QED) is 0.521. The van der Waals surface area contributed by atoms with E-state index in [-0.39, 0.29) is 18.3 Å². The van der Waals surface area contributed by atoms with Crippen molar-refractivity contribution in [1.82, 2.24) is 9.55 Å². The molecule has 10 nitrogen and oxygen atoms in total. The van der Waals surface area contributed by atoms with E-state index < -0.39 is 31.2 Å². The zero-order chi connectivity index (χ0) is 16.5. The molecule has 5 N–H and O–H groups in total. The Labute approximate surface area is 124 Å². The number of hydrogen-bond donors (Lipinski definition) is 4. The number of carboxylic acid groups (broad SMARTS) is 1. The van der Waals surface area contributed by atoms with E-state index in [1.165, 1.54) is 16.8 Å². The number of aliphatic carboxylic acids is 1. The van der Waals surface area contributed by atoms with Crippen LogP contribution >= 0.6 is 7.60 Å². The first kappa shape index (κ1) is 16.6. The standard InChI is InChI=1S/C11H16N3O7P/c12-8-3-4-14(11(17)13-8)6-1-2-7(5-6)21-10(9(15)16)22(18,19)20/h3-4,6-7,10H,1-2,5H2,(H,15,16)(H2,12,13,17)(H2,18,19,20)/t6-,7+,10?/m1/s1. The van der Waals surface area contributed by atoms with Gasteiger partial charge in [0.15, 0.2) is 0 Å². The van der Waals surface area contributed by atoms with Crippen molar-refractivity contribution in [3.8, 4) is 0 Å². The summed E-state index contributed by atoms with van der Waals surface area (Å²) in [5.74, 6) is -3.82. The molecule has 11 heteroatoms. The third-order valence-electron chi connectivity index (χ3n) is 3.44. The lowest BCUT2D eigenvalue weighted by Crippen LogP contribution is -2.29. The first-order valence-corrected chi connectivity index (χ1v) is 8.15. The van der Waals surface area contributed by atoms with Crippen LogP contribution < -0.4 is 11.4 Å². The largest absolute Gasteiger partial charge is 0.479 e. The molecular weight excluding hydrogens is 317 g/mol. The Kier molecular flexibility index (Phi) is 4.66. The minimum Gasteiger partial charge on any atom is -0.479 e. The van der Waals surface area contributed by atoms with E-state index in [1.54, 1.807) is 0 Å². The lowest BCUT2D eigenvalue weighted by molar-refractivity contribution is -0.148. The lowest BCUT2D eigenvalue weighted by Gasteiger charge is -2.20. The maximum atomic E-state index is 11.7. The van der Waals surface area contributed by atoms with Gasteiger partial charge in [-0.2, -0.15) is 4.98 Å². The second-order valence-corrected chi connectivity index (χ2v) is 6.69. The number of carbonyl (C=O) groups is 1. The first-order chi connectivity index (χ1) is 10.2. The average molecular weight is 333 g/mol. The molecule has 22 heavy (non-hydrogen) atoms. The van der Waals surface area contributed by atoms with Crippen LogP contribution in [0.15, 0.2) is 17.1 Å². The fourth-order valence-electron chi connectivity index (χ4n) is 2.46. The second-order valence-electron chi connectivity index (χ2n) is 5.05. The number of nitrogens with two attached hydrogens (primary N) is 1. The van der Waals surface area contributed by atoms with Gasteiger partial charge in [-0.05, 0) is 25.3 Å². The number of carboxylic acids is 1. The van der Waals surface area contributed by atoms with Crippen LogP contribution in [0.25, 0.3) is 0 Å². The van der Waals surface area contributed by atoms with Crippen molar-refractivity contribution in [2.75, 3.05) is 5.73 Å². The number of nitrogen functional groups attached to an aromatic ring is 1. The normalized spacial score (nSPS) is 23.4. The molecule has 0 aliphatic heterocycles. The van der Waals surface area contributed by atoms with E-state index in [9.17, 15) is 14.2 Å². The van der Waals surface area contributed by atoms with Gasteiger partial charge in [0, 0.05) is 12.2 Å². The monoisotopic (exact) mass is 333 g/mol. The van der Waals surface area contributed by atoms with Crippen molar-refractivity contribution >= 4 is 19.4 Å². The number of ether oxygens (including phenoxy) is 1. The molecule has 122 valence electrons. The summed E-state index contributed by atoms with van der Waals surface area (Å²) >= 11 is 0. The Morgan fingerprint density at radius 3 is 2.73 bits per heavy atom. The Hall–Kier alpha value is -1.74. The number of nitrogens with zero attached hydrogens (tertiary/aromatic N) is 2. The van der Waals surface area contributed by atoms with E-state index in [0.717, 1.165) is 0 Å². The molecule has 0 aromatic carbocycles. The molecule has 3 atom stereocenters. The summed E-state index contributed by atoms with van der Waals surface area (Å²) in [5.41, 5.74) is 4.87.